The summed E-state index contributed by atoms with van der Waals surface area (Å²) in [7, 11) is 0. The molecule has 0 aromatic carbocycles. The van der Waals surface area contributed by atoms with E-state index in [0.29, 0.717) is 17.3 Å². The first-order valence-corrected chi connectivity index (χ1v) is 25.5. The van der Waals surface area contributed by atoms with Crippen molar-refractivity contribution in [3.05, 3.63) is 84.6 Å². The van der Waals surface area contributed by atoms with Crippen LogP contribution in [0.4, 0.5) is 0 Å². The number of fused-ring (bicyclic) bond motifs is 5. The highest BCUT2D eigenvalue weighted by atomic mass is 16.5. The van der Waals surface area contributed by atoms with Gasteiger partial charge in [-0.25, -0.2) is 0 Å². The van der Waals surface area contributed by atoms with Crippen LogP contribution in [0.2, 0.25) is 0 Å². The van der Waals surface area contributed by atoms with Crippen LogP contribution in [0, 0.1) is 46.3 Å². The summed E-state index contributed by atoms with van der Waals surface area (Å²) >= 11 is 0. The number of hydrogen-bond acceptors (Lipinski definition) is 2. The smallest absolute Gasteiger partial charge is 0.306 e. The number of esters is 1. The first-order valence-electron chi connectivity index (χ1n) is 25.5. The van der Waals surface area contributed by atoms with Gasteiger partial charge >= 0.3 is 5.97 Å². The number of unbranched alkanes of at least 4 members (excludes halogenated alkanes) is 8. The highest BCUT2D eigenvalue weighted by Gasteiger charge is 2.59. The first-order chi connectivity index (χ1) is 28.7. The van der Waals surface area contributed by atoms with E-state index in [1.165, 1.54) is 103 Å². The predicted molar refractivity (Wildman–Crippen MR) is 257 cm³/mol. The monoisotopic (exact) mass is 809 g/mol. The molecule has 0 aromatic heterocycles. The zero-order chi connectivity index (χ0) is 42.2. The summed E-state index contributed by atoms with van der Waals surface area (Å²) in [6, 6.07) is 0. The molecule has 2 nitrogen and oxygen atoms in total. The van der Waals surface area contributed by atoms with Crippen LogP contribution < -0.4 is 0 Å². The summed E-state index contributed by atoms with van der Waals surface area (Å²) in [6.45, 7) is 14.8. The van der Waals surface area contributed by atoms with E-state index in [9.17, 15) is 4.79 Å². The third-order valence-electron chi connectivity index (χ3n) is 15.7. The van der Waals surface area contributed by atoms with E-state index < -0.39 is 0 Å². The molecular formula is C57H92O2. The van der Waals surface area contributed by atoms with Crippen molar-refractivity contribution < 1.29 is 9.53 Å². The Morgan fingerprint density at radius 2 is 1.24 bits per heavy atom. The Labute approximate surface area is 366 Å². The maximum absolute atomic E-state index is 12.9. The van der Waals surface area contributed by atoms with Gasteiger partial charge in [0.2, 0.25) is 0 Å². The Kier molecular flexibility index (Phi) is 23.0. The van der Waals surface area contributed by atoms with Crippen LogP contribution in [0.5, 0.6) is 0 Å². The van der Waals surface area contributed by atoms with Gasteiger partial charge in [-0.05, 0) is 149 Å². The minimum absolute atomic E-state index is 0.0511. The highest BCUT2D eigenvalue weighted by molar-refractivity contribution is 5.69. The molecule has 0 aliphatic heterocycles. The molecular weight excluding hydrogens is 717 g/mol. The molecule has 8 atom stereocenters. The quantitative estimate of drug-likeness (QED) is 0.0447. The summed E-state index contributed by atoms with van der Waals surface area (Å²) in [5.74, 6) is 5.27. The van der Waals surface area contributed by atoms with Crippen molar-refractivity contribution in [1.29, 1.82) is 0 Å². The Morgan fingerprint density at radius 1 is 0.661 bits per heavy atom. The van der Waals surface area contributed by atoms with Gasteiger partial charge in [-0.2, -0.15) is 0 Å². The van der Waals surface area contributed by atoms with Gasteiger partial charge in [0.25, 0.3) is 0 Å². The number of ether oxygens (including phenoxy) is 1. The summed E-state index contributed by atoms with van der Waals surface area (Å²) in [5, 5.41) is 0. The SMILES string of the molecule is CC/C=C\C/C=C\C/C=C\C/C=C\C/C=C\C/C=C\CCCCCCCCCCC(=O)OC1CCC2(C)C(=CCC3C2CCC2(C)C(C(C)CCCC(C)C)CCC32)C1. The van der Waals surface area contributed by atoms with Crippen LogP contribution in [0.3, 0.4) is 0 Å². The minimum atomic E-state index is 0.0511. The van der Waals surface area contributed by atoms with Crippen molar-refractivity contribution in [3.63, 3.8) is 0 Å². The summed E-state index contributed by atoms with van der Waals surface area (Å²) in [4.78, 5) is 12.9. The average molecular weight is 809 g/mol. The van der Waals surface area contributed by atoms with Crippen molar-refractivity contribution in [1.82, 2.24) is 0 Å². The number of rotatable bonds is 28. The van der Waals surface area contributed by atoms with Gasteiger partial charge in [-0.3, -0.25) is 4.79 Å². The van der Waals surface area contributed by atoms with E-state index >= 15 is 0 Å². The van der Waals surface area contributed by atoms with E-state index in [4.69, 9.17) is 4.74 Å². The highest BCUT2D eigenvalue weighted by Crippen LogP contribution is 2.67. The van der Waals surface area contributed by atoms with Crippen molar-refractivity contribution in [2.75, 3.05) is 0 Å². The van der Waals surface area contributed by atoms with Crippen LogP contribution in [0.1, 0.15) is 215 Å². The maximum Gasteiger partial charge on any atom is 0.306 e. The fourth-order valence-electron chi connectivity index (χ4n) is 12.2. The second-order valence-electron chi connectivity index (χ2n) is 20.4. The summed E-state index contributed by atoms with van der Waals surface area (Å²) in [6.07, 6.45) is 62.5. The Morgan fingerprint density at radius 3 is 1.85 bits per heavy atom. The molecule has 4 aliphatic rings. The Bertz CT molecular complexity index is 1390. The molecule has 0 amide bonds. The van der Waals surface area contributed by atoms with Crippen molar-refractivity contribution in [3.8, 4) is 0 Å². The van der Waals surface area contributed by atoms with E-state index in [1.54, 1.807) is 5.57 Å². The molecule has 3 saturated carbocycles. The lowest BCUT2D eigenvalue weighted by Crippen LogP contribution is -2.51. The van der Waals surface area contributed by atoms with Gasteiger partial charge in [0.1, 0.15) is 6.10 Å². The van der Waals surface area contributed by atoms with E-state index in [0.717, 1.165) is 99.7 Å². The fourth-order valence-corrected chi connectivity index (χ4v) is 12.2. The molecule has 0 radical (unpaired) electrons. The third-order valence-corrected chi connectivity index (χ3v) is 15.7. The molecule has 0 bridgehead atoms. The molecule has 8 unspecified atom stereocenters. The molecule has 3 fully saturated rings. The zero-order valence-corrected chi connectivity index (χ0v) is 39.5. The van der Waals surface area contributed by atoms with Crippen LogP contribution in [0.15, 0.2) is 84.6 Å². The molecule has 59 heavy (non-hydrogen) atoms. The normalized spacial score (nSPS) is 29.1. The predicted octanol–water partition coefficient (Wildman–Crippen LogP) is 17.5. The lowest BCUT2D eigenvalue weighted by atomic mass is 9.47. The second-order valence-corrected chi connectivity index (χ2v) is 20.4. The van der Waals surface area contributed by atoms with Gasteiger partial charge in [0.15, 0.2) is 0 Å². The maximum atomic E-state index is 12.9. The average Bonchev–Trinajstić information content (AvgIpc) is 3.58. The topological polar surface area (TPSA) is 26.3 Å². The van der Waals surface area contributed by atoms with Gasteiger partial charge in [-0.15, -0.1) is 0 Å². The van der Waals surface area contributed by atoms with Gasteiger partial charge in [-0.1, -0.05) is 184 Å². The summed E-state index contributed by atoms with van der Waals surface area (Å²) < 4.78 is 6.16. The van der Waals surface area contributed by atoms with Crippen LogP contribution in [-0.4, -0.2) is 12.1 Å². The van der Waals surface area contributed by atoms with Crippen molar-refractivity contribution in [2.45, 2.75) is 221 Å². The molecule has 0 N–H and O–H groups in total. The Hall–Kier alpha value is -2.35. The van der Waals surface area contributed by atoms with E-state index in [1.807, 2.05) is 0 Å². The number of carbonyl (C=O) groups is 1. The molecule has 2 heteroatoms. The summed E-state index contributed by atoms with van der Waals surface area (Å²) in [5.41, 5.74) is 2.51. The first kappa shape index (κ1) is 49.3. The Balaban J connectivity index is 0.981. The number of allylic oxidation sites excluding steroid dienone is 13. The van der Waals surface area contributed by atoms with Gasteiger partial charge in [0, 0.05) is 12.8 Å². The molecule has 4 rings (SSSR count). The fraction of sp³-hybridized carbons (Fsp3) is 0.737. The van der Waals surface area contributed by atoms with Crippen LogP contribution in [-0.2, 0) is 9.53 Å². The van der Waals surface area contributed by atoms with E-state index in [-0.39, 0.29) is 12.1 Å². The standard InChI is InChI=1S/C57H92O2/c1-7-8-9-10-11-12-13-14-15-16-17-18-19-20-21-22-23-24-25-26-27-28-29-30-31-32-33-37-55(58)59-50-42-44-56(5)49(46-50)38-39-51-53-41-40-52(48(4)36-34-35-47(2)3)57(53,6)45-43-54(51)56/h8-9,11-12,14-15,17-18,20-21,23-24,38,47-48,50-54H,7,10,13,16,19,22,25-37,39-46H2,1-6H3/b9-8-,12-11-,15-14-,18-17-,21-20-,24-23-. The minimum Gasteiger partial charge on any atom is -0.462 e. The molecule has 0 saturated heterocycles. The molecule has 4 aliphatic carbocycles. The number of carbonyl (C=O) groups excluding carboxylic acids is 1. The second kappa shape index (κ2) is 27.6. The zero-order valence-electron chi connectivity index (χ0n) is 39.5. The van der Waals surface area contributed by atoms with Crippen LogP contribution in [0.25, 0.3) is 0 Å². The molecule has 0 spiro atoms. The van der Waals surface area contributed by atoms with Gasteiger partial charge < -0.3 is 4.74 Å². The van der Waals surface area contributed by atoms with E-state index in [2.05, 4.69) is 121 Å². The van der Waals surface area contributed by atoms with Crippen molar-refractivity contribution in [2.24, 2.45) is 46.3 Å². The molecule has 0 heterocycles. The third kappa shape index (κ3) is 16.5. The van der Waals surface area contributed by atoms with Gasteiger partial charge in [0.05, 0.1) is 0 Å². The number of hydrogen-bond donors (Lipinski definition) is 0. The van der Waals surface area contributed by atoms with Crippen molar-refractivity contribution >= 4 is 5.97 Å². The lowest BCUT2D eigenvalue weighted by Gasteiger charge is -2.58. The van der Waals surface area contributed by atoms with Crippen LogP contribution >= 0.6 is 0 Å². The molecule has 332 valence electrons. The largest absolute Gasteiger partial charge is 0.462 e. The lowest BCUT2D eigenvalue weighted by molar-refractivity contribution is -0.151. The molecule has 0 aromatic rings.